The first kappa shape index (κ1) is 28.6. The van der Waals surface area contributed by atoms with Gasteiger partial charge in [0.2, 0.25) is 0 Å². The van der Waals surface area contributed by atoms with Gasteiger partial charge in [-0.1, -0.05) is 34.9 Å². The molecule has 198 valence electrons. The first-order valence-corrected chi connectivity index (χ1v) is 13.3. The lowest BCUT2D eigenvalue weighted by Crippen LogP contribution is -2.29. The van der Waals surface area contributed by atoms with Crippen LogP contribution < -0.4 is 10.1 Å². The van der Waals surface area contributed by atoms with Crippen LogP contribution in [0.1, 0.15) is 46.8 Å². The lowest BCUT2D eigenvalue weighted by molar-refractivity contribution is -0.143. The molecule has 0 unspecified atom stereocenters. The Labute approximate surface area is 223 Å². The predicted octanol–water partition coefficient (Wildman–Crippen LogP) is 4.53. The smallest absolute Gasteiger partial charge is 0.341 e. The van der Waals surface area contributed by atoms with E-state index in [0.717, 1.165) is 30.3 Å². The molecule has 2 heterocycles. The highest BCUT2D eigenvalue weighted by Gasteiger charge is 2.38. The monoisotopic (exact) mass is 562 g/mol. The third kappa shape index (κ3) is 7.06. The van der Waals surface area contributed by atoms with E-state index in [4.69, 9.17) is 37.4 Å². The summed E-state index contributed by atoms with van der Waals surface area (Å²) in [5.74, 6) is 0.214. The van der Waals surface area contributed by atoms with Crippen LogP contribution in [0.3, 0.4) is 0 Å². The van der Waals surface area contributed by atoms with Gasteiger partial charge >= 0.3 is 16.5 Å². The Morgan fingerprint density at radius 1 is 1.33 bits per heavy atom. The molecule has 0 aromatic heterocycles. The number of anilines is 1. The summed E-state index contributed by atoms with van der Waals surface area (Å²) in [4.78, 5) is 39.1. The van der Waals surface area contributed by atoms with Crippen molar-refractivity contribution in [3.63, 3.8) is 0 Å². The second-order valence-corrected chi connectivity index (χ2v) is 10.8. The molecular formula is C24H29Cl2FN2O6S. The van der Waals surface area contributed by atoms with Gasteiger partial charge in [-0.05, 0) is 32.3 Å². The summed E-state index contributed by atoms with van der Waals surface area (Å²) in [5, 5.41) is 2.34. The number of benzene rings is 1. The molecule has 0 bridgehead atoms. The van der Waals surface area contributed by atoms with Gasteiger partial charge in [0.15, 0.2) is 0 Å². The fourth-order valence-corrected chi connectivity index (χ4v) is 5.17. The molecule has 0 spiro atoms. The molecule has 1 saturated heterocycles. The van der Waals surface area contributed by atoms with Gasteiger partial charge in [0.05, 0.1) is 18.4 Å². The van der Waals surface area contributed by atoms with Gasteiger partial charge in [0, 0.05) is 42.3 Å². The minimum atomic E-state index is -3.20. The molecule has 8 nitrogen and oxygen atoms in total. The van der Waals surface area contributed by atoms with Crippen molar-refractivity contribution in [1.82, 2.24) is 4.90 Å². The number of hydrogen-bond donors (Lipinski definition) is 1. The van der Waals surface area contributed by atoms with E-state index in [2.05, 4.69) is 10.2 Å². The molecule has 2 aliphatic heterocycles. The molecule has 1 aromatic carbocycles. The predicted molar refractivity (Wildman–Crippen MR) is 138 cm³/mol. The third-order valence-electron chi connectivity index (χ3n) is 6.05. The van der Waals surface area contributed by atoms with E-state index in [1.165, 1.54) is 7.11 Å². The van der Waals surface area contributed by atoms with Crippen molar-refractivity contribution >= 4 is 58.5 Å². The molecule has 1 aromatic rings. The Kier molecular flexibility index (Phi) is 9.91. The number of esters is 2. The van der Waals surface area contributed by atoms with E-state index in [1.54, 1.807) is 6.92 Å². The maximum absolute atomic E-state index is 13.9. The minimum absolute atomic E-state index is 0.00436. The lowest BCUT2D eigenvalue weighted by Gasteiger charge is -2.20. The number of nitrogens with zero attached hydrogens (tertiary/aromatic N) is 1. The molecule has 1 amide bonds. The molecule has 0 aliphatic carbocycles. The van der Waals surface area contributed by atoms with E-state index in [9.17, 15) is 18.8 Å². The maximum atomic E-state index is 13.9. The number of fused-ring (bicyclic) bond motifs is 1. The van der Waals surface area contributed by atoms with Gasteiger partial charge in [-0.25, -0.2) is 4.79 Å². The second-order valence-electron chi connectivity index (χ2n) is 8.52. The van der Waals surface area contributed by atoms with Crippen molar-refractivity contribution in [2.24, 2.45) is 0 Å². The number of methoxy groups -OCH3 is 1. The van der Waals surface area contributed by atoms with Gasteiger partial charge < -0.3 is 19.5 Å². The minimum Gasteiger partial charge on any atom is -0.496 e. The van der Waals surface area contributed by atoms with E-state index in [-0.39, 0.29) is 36.7 Å². The van der Waals surface area contributed by atoms with Crippen LogP contribution in [0.4, 0.5) is 10.1 Å². The van der Waals surface area contributed by atoms with Crippen molar-refractivity contribution in [3.05, 3.63) is 33.9 Å². The molecule has 36 heavy (non-hydrogen) atoms. The summed E-state index contributed by atoms with van der Waals surface area (Å²) >= 11 is 12.5. The number of ether oxygens (including phenoxy) is 3. The van der Waals surface area contributed by atoms with Crippen LogP contribution in [0, 0.1) is 6.92 Å². The normalized spacial score (nSPS) is 16.1. The summed E-state index contributed by atoms with van der Waals surface area (Å²) in [7, 11) is 1.46. The molecule has 0 atom stereocenters. The molecule has 0 radical (unpaired) electrons. The van der Waals surface area contributed by atoms with Crippen LogP contribution in [0.5, 0.6) is 5.75 Å². The highest BCUT2D eigenvalue weighted by molar-refractivity contribution is 7.99. The molecule has 3 rings (SSSR count). The average molecular weight is 563 g/mol. The van der Waals surface area contributed by atoms with E-state index in [1.807, 2.05) is 24.8 Å². The van der Waals surface area contributed by atoms with Crippen LogP contribution in [0.25, 0.3) is 0 Å². The number of alkyl halides is 3. The summed E-state index contributed by atoms with van der Waals surface area (Å²) in [5.41, 5.74) is 2.66. The lowest BCUT2D eigenvalue weighted by atomic mass is 9.93. The topological polar surface area (TPSA) is 94.2 Å². The van der Waals surface area contributed by atoms with E-state index >= 15 is 0 Å². The van der Waals surface area contributed by atoms with Crippen molar-refractivity contribution in [2.45, 2.75) is 44.3 Å². The largest absolute Gasteiger partial charge is 0.496 e. The van der Waals surface area contributed by atoms with Gasteiger partial charge in [-0.3, -0.25) is 14.5 Å². The fourth-order valence-electron chi connectivity index (χ4n) is 4.04. The number of carbonyl (C=O) groups is 3. The number of thioether (sulfide) groups is 1. The molecule has 1 N–H and O–H groups in total. The van der Waals surface area contributed by atoms with Gasteiger partial charge in [-0.15, -0.1) is 11.8 Å². The van der Waals surface area contributed by atoms with Crippen LogP contribution in [0.2, 0.25) is 0 Å². The number of nitrogens with one attached hydrogen (secondary N) is 1. The Morgan fingerprint density at radius 3 is 2.72 bits per heavy atom. The number of carbonyl (C=O) groups excluding carboxylic acids is 3. The van der Waals surface area contributed by atoms with Crippen LogP contribution in [-0.4, -0.2) is 65.8 Å². The molecule has 1 fully saturated rings. The molecule has 12 heteroatoms. The van der Waals surface area contributed by atoms with Crippen molar-refractivity contribution < 1.29 is 33.0 Å². The summed E-state index contributed by atoms with van der Waals surface area (Å²) in [6.45, 7) is 5.73. The Balaban J connectivity index is 1.74. The summed E-state index contributed by atoms with van der Waals surface area (Å²) < 4.78 is 26.7. The van der Waals surface area contributed by atoms with Crippen LogP contribution in [-0.2, 0) is 32.1 Å². The first-order chi connectivity index (χ1) is 17.0. The molecule has 2 aliphatic rings. The Morgan fingerprint density at radius 2 is 2.08 bits per heavy atom. The quantitative estimate of drug-likeness (QED) is 0.239. The highest BCUT2D eigenvalue weighted by Crippen LogP contribution is 2.42. The number of cyclic esters (lactones) is 1. The number of hydrogen-bond acceptors (Lipinski definition) is 8. The van der Waals surface area contributed by atoms with Crippen LogP contribution in [0.15, 0.2) is 11.6 Å². The highest BCUT2D eigenvalue weighted by atomic mass is 35.5. The van der Waals surface area contributed by atoms with Gasteiger partial charge in [-0.2, -0.15) is 4.39 Å². The zero-order chi connectivity index (χ0) is 26.5. The SMILES string of the molecule is COc1c(C)c2c(c(NC(=O)C(F)(Cl)Cl)c1C/C=C(\C)CCC(=O)OCCN1CCSC1)C(=O)OC2. The number of halogens is 3. The fraction of sp³-hybridized carbons (Fsp3) is 0.542. The zero-order valence-corrected chi connectivity index (χ0v) is 22.7. The number of amides is 1. The third-order valence-corrected chi connectivity index (χ3v) is 7.41. The number of allylic oxidation sites excluding steroid dienone is 2. The average Bonchev–Trinajstić information content (AvgIpc) is 3.47. The van der Waals surface area contributed by atoms with E-state index < -0.39 is 16.5 Å². The molecule has 0 saturated carbocycles. The standard InChI is InChI=1S/C24H29Cl2FN2O6S/c1-14(5-7-18(30)34-10-8-29-9-11-36-13-29)4-6-16-20(28-23(32)24(25,26)27)19-17(12-35-22(19)31)15(2)21(16)33-3/h4H,5-13H2,1-3H3,(H,28,32)/b14-4+. The summed E-state index contributed by atoms with van der Waals surface area (Å²) in [6, 6.07) is 0. The Bertz CT molecular complexity index is 1050. The Hall–Kier alpha value is -2.01. The first-order valence-electron chi connectivity index (χ1n) is 11.4. The van der Waals surface area contributed by atoms with Crippen LogP contribution >= 0.6 is 35.0 Å². The number of rotatable bonds is 11. The zero-order valence-electron chi connectivity index (χ0n) is 20.4. The van der Waals surface area contributed by atoms with Crippen molar-refractivity contribution in [2.75, 3.05) is 43.8 Å². The van der Waals surface area contributed by atoms with Crippen molar-refractivity contribution in [1.29, 1.82) is 0 Å². The van der Waals surface area contributed by atoms with E-state index in [0.29, 0.717) is 35.5 Å². The second kappa shape index (κ2) is 12.5. The van der Waals surface area contributed by atoms with Gasteiger partial charge in [0.25, 0.3) is 5.91 Å². The maximum Gasteiger partial charge on any atom is 0.341 e. The molecular weight excluding hydrogens is 534 g/mol. The van der Waals surface area contributed by atoms with Crippen molar-refractivity contribution in [3.8, 4) is 5.75 Å². The van der Waals surface area contributed by atoms with Gasteiger partial charge in [0.1, 0.15) is 19.0 Å². The summed E-state index contributed by atoms with van der Waals surface area (Å²) in [6.07, 6.45) is 2.75.